The van der Waals surface area contributed by atoms with E-state index in [1.165, 1.54) is 13.3 Å². The Labute approximate surface area is 97.0 Å². The molecule has 1 aromatic heterocycles. The molecule has 0 amide bonds. The number of nitro groups is 1. The molecule has 0 fully saturated rings. The van der Waals surface area contributed by atoms with Crippen LogP contribution in [0.4, 0.5) is 5.95 Å². The first-order chi connectivity index (χ1) is 8.08. The number of imidazole rings is 1. The van der Waals surface area contributed by atoms with Gasteiger partial charge in [0, 0.05) is 6.42 Å². The van der Waals surface area contributed by atoms with Crippen LogP contribution in [0.5, 0.6) is 0 Å². The lowest BCUT2D eigenvalue weighted by Crippen LogP contribution is -2.59. The fourth-order valence-electron chi connectivity index (χ4n) is 0.823. The van der Waals surface area contributed by atoms with E-state index in [0.29, 0.717) is 12.7 Å². The molecule has 1 N–H and O–H groups in total. The summed E-state index contributed by atoms with van der Waals surface area (Å²) in [6, 6.07) is 0. The predicted molar refractivity (Wildman–Crippen MR) is 60.5 cm³/mol. The zero-order valence-corrected chi connectivity index (χ0v) is 9.20. The number of hydrogen-bond donors (Lipinski definition) is 1. The van der Waals surface area contributed by atoms with E-state index in [9.17, 15) is 20.1 Å². The molecule has 8 heteroatoms. The van der Waals surface area contributed by atoms with Crippen LogP contribution < -0.4 is 5.16 Å². The van der Waals surface area contributed by atoms with Gasteiger partial charge in [-0.3, -0.25) is 4.79 Å². The molecule has 1 aromatic rings. The predicted octanol–water partition coefficient (Wildman–Crippen LogP) is -0.647. The fraction of sp³-hybridized carbons (Fsp3) is 0.222. The second kappa shape index (κ2) is 7.74. The highest BCUT2D eigenvalue weighted by Gasteiger charge is 2.15. The summed E-state index contributed by atoms with van der Waals surface area (Å²) in [6.45, 7) is 3.39. The van der Waals surface area contributed by atoms with Crippen molar-refractivity contribution in [3.63, 3.8) is 0 Å². The molecule has 0 unspecified atom stereocenters. The molecule has 8 nitrogen and oxygen atoms in total. The normalized spacial score (nSPS) is 9.47. The third kappa shape index (κ3) is 4.69. The van der Waals surface area contributed by atoms with E-state index in [1.807, 2.05) is 0 Å². The van der Waals surface area contributed by atoms with Crippen LogP contribution >= 0.6 is 0 Å². The maximum absolute atomic E-state index is 10.2. The van der Waals surface area contributed by atoms with Crippen molar-refractivity contribution in [3.8, 4) is 0 Å². The summed E-state index contributed by atoms with van der Waals surface area (Å²) in [7, 11) is 1.41. The summed E-state index contributed by atoms with van der Waals surface area (Å²) in [5.41, 5.74) is 0.191. The molecular formula is C9H12N4O4. The lowest BCUT2D eigenvalue weighted by atomic mass is 10.5. The maximum atomic E-state index is 10.2. The Kier molecular flexibility index (Phi) is 6.60. The molecule has 1 rings (SSSR count). The number of aldehydes is 1. The second-order valence-corrected chi connectivity index (χ2v) is 2.76. The third-order valence-corrected chi connectivity index (χ3v) is 1.65. The number of aromatic nitrogens is 2. The van der Waals surface area contributed by atoms with E-state index >= 15 is 0 Å². The van der Waals surface area contributed by atoms with Crippen molar-refractivity contribution in [2.24, 2.45) is 7.05 Å². The Morgan fingerprint density at radius 3 is 2.59 bits per heavy atom. The number of carbonyl (C=O) groups is 1. The molecule has 0 saturated heterocycles. The molecule has 0 aliphatic rings. The van der Waals surface area contributed by atoms with Crippen LogP contribution in [0, 0.1) is 15.3 Å². The van der Waals surface area contributed by atoms with E-state index in [2.05, 4.69) is 11.6 Å². The van der Waals surface area contributed by atoms with Crippen molar-refractivity contribution in [1.82, 2.24) is 9.55 Å². The monoisotopic (exact) mass is 240 g/mol. The van der Waals surface area contributed by atoms with Crippen molar-refractivity contribution in [2.75, 3.05) is 0 Å². The molecule has 1 heterocycles. The fourth-order valence-corrected chi connectivity index (χ4v) is 0.823. The van der Waals surface area contributed by atoms with Crippen LogP contribution in [0.1, 0.15) is 16.9 Å². The Balaban J connectivity index is 0.000000366. The molecule has 0 spiro atoms. The van der Waals surface area contributed by atoms with E-state index in [-0.39, 0.29) is 11.6 Å². The minimum atomic E-state index is -0.646. The van der Waals surface area contributed by atoms with Crippen LogP contribution in [-0.2, 0) is 7.05 Å². The Hall–Kier alpha value is -2.51. The van der Waals surface area contributed by atoms with Crippen LogP contribution in [0.15, 0.2) is 18.9 Å². The highest BCUT2D eigenvalue weighted by atomic mass is 16.6. The van der Waals surface area contributed by atoms with E-state index in [4.69, 9.17) is 0 Å². The third-order valence-electron chi connectivity index (χ3n) is 1.65. The van der Waals surface area contributed by atoms with Gasteiger partial charge in [-0.1, -0.05) is 11.1 Å². The average Bonchev–Trinajstić information content (AvgIpc) is 2.68. The van der Waals surface area contributed by atoms with Crippen molar-refractivity contribution in [2.45, 2.75) is 6.42 Å². The molecule has 92 valence electrons. The maximum Gasteiger partial charge on any atom is 0.434 e. The zero-order chi connectivity index (χ0) is 13.3. The average molecular weight is 240 g/mol. The summed E-state index contributed by atoms with van der Waals surface area (Å²) >= 11 is 0. The largest absolute Gasteiger partial charge is 0.626 e. The topological polar surface area (TPSA) is 115 Å². The van der Waals surface area contributed by atoms with Crippen molar-refractivity contribution < 1.29 is 14.9 Å². The molecule has 17 heavy (non-hydrogen) atoms. The summed E-state index contributed by atoms with van der Waals surface area (Å²) in [6.07, 6.45) is 5.33. The SMILES string of the molecule is C=CCC=[NH+][O-].Cn1c(C=O)cnc1[N+](=O)[O-]. The first-order valence-corrected chi connectivity index (χ1v) is 4.50. The summed E-state index contributed by atoms with van der Waals surface area (Å²) < 4.78 is 1.12. The van der Waals surface area contributed by atoms with Gasteiger partial charge in [0.2, 0.25) is 0 Å². The zero-order valence-electron chi connectivity index (χ0n) is 9.20. The molecule has 0 aliphatic carbocycles. The standard InChI is InChI=1S/C5H5N3O3.C4H7NO/c1-7-4(3-9)2-6-5(7)8(10)11;1-2-3-4-5-6/h2-3H,1H3;2,4-5H,1,3H2. The molecule has 0 saturated carbocycles. The minimum Gasteiger partial charge on any atom is -0.626 e. The molecule has 0 radical (unpaired) electrons. The quantitative estimate of drug-likeness (QED) is 0.187. The first kappa shape index (κ1) is 14.5. The van der Waals surface area contributed by atoms with Gasteiger partial charge in [0.15, 0.2) is 18.2 Å². The molecule has 0 bridgehead atoms. The van der Waals surface area contributed by atoms with Crippen molar-refractivity contribution in [3.05, 3.63) is 39.9 Å². The Morgan fingerprint density at radius 2 is 2.35 bits per heavy atom. The molecular weight excluding hydrogens is 228 g/mol. The molecule has 0 aliphatic heterocycles. The first-order valence-electron chi connectivity index (χ1n) is 4.50. The van der Waals surface area contributed by atoms with Gasteiger partial charge in [0.1, 0.15) is 6.20 Å². The van der Waals surface area contributed by atoms with E-state index in [1.54, 1.807) is 11.2 Å². The van der Waals surface area contributed by atoms with Gasteiger partial charge in [-0.05, 0) is 4.92 Å². The number of allylic oxidation sites excluding steroid dienone is 1. The highest BCUT2D eigenvalue weighted by molar-refractivity contribution is 5.72. The smallest absolute Gasteiger partial charge is 0.434 e. The molecule has 0 aromatic carbocycles. The van der Waals surface area contributed by atoms with E-state index in [0.717, 1.165) is 10.8 Å². The number of rotatable bonds is 4. The van der Waals surface area contributed by atoms with E-state index < -0.39 is 4.92 Å². The van der Waals surface area contributed by atoms with Crippen LogP contribution in [0.25, 0.3) is 0 Å². The van der Waals surface area contributed by atoms with Crippen LogP contribution in [-0.4, -0.2) is 27.0 Å². The van der Waals surface area contributed by atoms with Gasteiger partial charge in [-0.2, -0.15) is 0 Å². The number of hydrogen-bond acceptors (Lipinski definition) is 5. The Morgan fingerprint density at radius 1 is 1.71 bits per heavy atom. The summed E-state index contributed by atoms with van der Waals surface area (Å²) in [4.78, 5) is 23.1. The van der Waals surface area contributed by atoms with Gasteiger partial charge in [-0.15, -0.1) is 6.58 Å². The van der Waals surface area contributed by atoms with Gasteiger partial charge in [0.25, 0.3) is 0 Å². The Bertz CT molecular complexity index is 425. The van der Waals surface area contributed by atoms with Gasteiger partial charge < -0.3 is 15.3 Å². The van der Waals surface area contributed by atoms with Crippen LogP contribution in [0.3, 0.4) is 0 Å². The highest BCUT2D eigenvalue weighted by Crippen LogP contribution is 2.07. The number of nitrogens with one attached hydrogen (secondary N) is 1. The summed E-state index contributed by atoms with van der Waals surface area (Å²) in [5, 5.41) is 21.1. The lowest BCUT2D eigenvalue weighted by molar-refractivity contribution is -0.396. The lowest BCUT2D eigenvalue weighted by Gasteiger charge is -1.92. The van der Waals surface area contributed by atoms with Crippen molar-refractivity contribution in [1.29, 1.82) is 0 Å². The second-order valence-electron chi connectivity index (χ2n) is 2.76. The summed E-state index contributed by atoms with van der Waals surface area (Å²) in [5.74, 6) is -0.327. The number of carbonyl (C=O) groups excluding carboxylic acids is 1. The van der Waals surface area contributed by atoms with Crippen LogP contribution in [0.2, 0.25) is 0 Å². The van der Waals surface area contributed by atoms with Gasteiger partial charge >= 0.3 is 5.95 Å². The van der Waals surface area contributed by atoms with Gasteiger partial charge in [0.05, 0.1) is 7.05 Å². The van der Waals surface area contributed by atoms with Crippen molar-refractivity contribution >= 4 is 18.4 Å². The number of nitrogens with zero attached hydrogens (tertiary/aromatic N) is 3. The molecule has 0 atom stereocenters. The minimum absolute atomic E-state index is 0.191. The van der Waals surface area contributed by atoms with Gasteiger partial charge in [-0.25, -0.2) is 9.72 Å².